The first-order chi connectivity index (χ1) is 14.7. The Morgan fingerprint density at radius 2 is 1.97 bits per heavy atom. The van der Waals surface area contributed by atoms with Crippen molar-refractivity contribution >= 4 is 45.5 Å². The standard InChI is InChI=1S/C20H24N4O3S3/c1-26-16-6-5-14(12-17(16)27-2)7-9-21-18(25)13-29-20-24-23-19(30-20)22-10-8-15-4-3-11-28-15/h3-6,11-12H,7-10,13H2,1-2H3,(H,21,25)(H,22,23). The Morgan fingerprint density at radius 3 is 2.73 bits per heavy atom. The third-order valence-corrected chi connectivity index (χ3v) is 7.10. The lowest BCUT2D eigenvalue weighted by Crippen LogP contribution is -2.27. The van der Waals surface area contributed by atoms with E-state index in [1.54, 1.807) is 25.6 Å². The molecule has 2 aromatic heterocycles. The zero-order valence-corrected chi connectivity index (χ0v) is 19.3. The SMILES string of the molecule is COc1ccc(CCNC(=O)CSc2nnc(NCCc3cccs3)s2)cc1OC. The molecule has 0 bridgehead atoms. The van der Waals surface area contributed by atoms with Crippen LogP contribution in [-0.2, 0) is 17.6 Å². The summed E-state index contributed by atoms with van der Waals surface area (Å²) < 4.78 is 11.3. The van der Waals surface area contributed by atoms with Crippen molar-refractivity contribution < 1.29 is 14.3 Å². The van der Waals surface area contributed by atoms with Gasteiger partial charge < -0.3 is 20.1 Å². The number of hydrogen-bond acceptors (Lipinski definition) is 9. The topological polar surface area (TPSA) is 85.4 Å². The van der Waals surface area contributed by atoms with Gasteiger partial charge in [0.2, 0.25) is 11.0 Å². The maximum atomic E-state index is 12.1. The summed E-state index contributed by atoms with van der Waals surface area (Å²) in [6.45, 7) is 1.37. The zero-order valence-electron chi connectivity index (χ0n) is 16.8. The number of benzene rings is 1. The monoisotopic (exact) mass is 464 g/mol. The Balaban J connectivity index is 1.34. The van der Waals surface area contributed by atoms with Crippen LogP contribution in [-0.4, -0.2) is 49.2 Å². The van der Waals surface area contributed by atoms with Crippen LogP contribution in [0.2, 0.25) is 0 Å². The van der Waals surface area contributed by atoms with E-state index < -0.39 is 0 Å². The normalized spacial score (nSPS) is 10.6. The fraction of sp³-hybridized carbons (Fsp3) is 0.350. The molecule has 2 N–H and O–H groups in total. The highest BCUT2D eigenvalue weighted by Gasteiger charge is 2.09. The Labute approximate surface area is 188 Å². The summed E-state index contributed by atoms with van der Waals surface area (Å²) in [4.78, 5) is 13.4. The molecule has 0 saturated heterocycles. The van der Waals surface area contributed by atoms with E-state index in [0.29, 0.717) is 30.2 Å². The van der Waals surface area contributed by atoms with Gasteiger partial charge in [-0.2, -0.15) is 0 Å². The number of nitrogens with one attached hydrogen (secondary N) is 2. The van der Waals surface area contributed by atoms with Crippen LogP contribution in [0.4, 0.5) is 5.13 Å². The lowest BCUT2D eigenvalue weighted by atomic mass is 10.1. The van der Waals surface area contributed by atoms with Crippen LogP contribution in [0.3, 0.4) is 0 Å². The van der Waals surface area contributed by atoms with Gasteiger partial charge in [-0.05, 0) is 42.0 Å². The van der Waals surface area contributed by atoms with E-state index in [2.05, 4.69) is 38.3 Å². The van der Waals surface area contributed by atoms with E-state index in [4.69, 9.17) is 9.47 Å². The minimum absolute atomic E-state index is 0.0251. The number of thioether (sulfide) groups is 1. The number of ether oxygens (including phenoxy) is 2. The number of methoxy groups -OCH3 is 2. The van der Waals surface area contributed by atoms with Crippen LogP contribution in [0.1, 0.15) is 10.4 Å². The molecule has 0 fully saturated rings. The van der Waals surface area contributed by atoms with Crippen LogP contribution in [0.15, 0.2) is 40.1 Å². The van der Waals surface area contributed by atoms with Gasteiger partial charge in [0.25, 0.3) is 0 Å². The third kappa shape index (κ3) is 6.89. The zero-order chi connectivity index (χ0) is 21.2. The number of thiophene rings is 1. The van der Waals surface area contributed by atoms with Gasteiger partial charge in [-0.3, -0.25) is 4.79 Å². The molecule has 1 aromatic carbocycles. The molecule has 3 rings (SSSR count). The van der Waals surface area contributed by atoms with Crippen molar-refractivity contribution in [2.24, 2.45) is 0 Å². The first kappa shape index (κ1) is 22.4. The van der Waals surface area contributed by atoms with Crippen LogP contribution >= 0.6 is 34.4 Å². The molecule has 0 saturated carbocycles. The van der Waals surface area contributed by atoms with Gasteiger partial charge in [-0.15, -0.1) is 21.5 Å². The summed E-state index contributed by atoms with van der Waals surface area (Å²) in [5, 5.41) is 17.3. The Bertz CT molecular complexity index is 931. The van der Waals surface area contributed by atoms with E-state index >= 15 is 0 Å². The number of aromatic nitrogens is 2. The quantitative estimate of drug-likeness (QED) is 0.395. The first-order valence-electron chi connectivity index (χ1n) is 9.38. The van der Waals surface area contributed by atoms with Crippen molar-refractivity contribution in [1.29, 1.82) is 0 Å². The van der Waals surface area contributed by atoms with Crippen LogP contribution in [0, 0.1) is 0 Å². The predicted molar refractivity (Wildman–Crippen MR) is 123 cm³/mol. The summed E-state index contributed by atoms with van der Waals surface area (Å²) in [5.74, 6) is 1.67. The second-order valence-corrected chi connectivity index (χ2v) is 9.44. The summed E-state index contributed by atoms with van der Waals surface area (Å²) in [5.41, 5.74) is 1.07. The second-order valence-electron chi connectivity index (χ2n) is 6.21. The van der Waals surface area contributed by atoms with Crippen molar-refractivity contribution in [2.45, 2.75) is 17.2 Å². The number of anilines is 1. The molecular formula is C20H24N4O3S3. The van der Waals surface area contributed by atoms with Gasteiger partial charge in [0.15, 0.2) is 15.8 Å². The van der Waals surface area contributed by atoms with Gasteiger partial charge >= 0.3 is 0 Å². The van der Waals surface area contributed by atoms with Crippen molar-refractivity contribution in [3.05, 3.63) is 46.2 Å². The smallest absolute Gasteiger partial charge is 0.230 e. The molecule has 0 radical (unpaired) electrons. The molecule has 10 heteroatoms. The van der Waals surface area contributed by atoms with E-state index in [1.165, 1.54) is 28.0 Å². The molecule has 7 nitrogen and oxygen atoms in total. The fourth-order valence-corrected chi connectivity index (χ4v) is 4.96. The summed E-state index contributed by atoms with van der Waals surface area (Å²) >= 11 is 4.61. The molecule has 0 unspecified atom stereocenters. The van der Waals surface area contributed by atoms with Gasteiger partial charge in [0.05, 0.1) is 20.0 Å². The van der Waals surface area contributed by atoms with Gasteiger partial charge in [0, 0.05) is 18.0 Å². The second kappa shape index (κ2) is 11.8. The fourth-order valence-electron chi connectivity index (χ4n) is 2.65. The third-order valence-electron chi connectivity index (χ3n) is 4.14. The molecule has 0 aliphatic heterocycles. The highest BCUT2D eigenvalue weighted by molar-refractivity contribution is 8.01. The van der Waals surface area contributed by atoms with E-state index in [-0.39, 0.29) is 5.91 Å². The van der Waals surface area contributed by atoms with Gasteiger partial charge in [0.1, 0.15) is 0 Å². The number of rotatable bonds is 12. The molecule has 1 amide bonds. The molecule has 30 heavy (non-hydrogen) atoms. The van der Waals surface area contributed by atoms with Crippen molar-refractivity contribution in [3.8, 4) is 11.5 Å². The Hall–Kier alpha value is -2.30. The molecule has 0 atom stereocenters. The van der Waals surface area contributed by atoms with E-state index in [0.717, 1.165) is 28.0 Å². The first-order valence-corrected chi connectivity index (χ1v) is 12.1. The maximum Gasteiger partial charge on any atom is 0.230 e. The minimum atomic E-state index is -0.0251. The van der Waals surface area contributed by atoms with Gasteiger partial charge in [-0.25, -0.2) is 0 Å². The maximum absolute atomic E-state index is 12.1. The molecule has 0 spiro atoms. The Kier molecular flexibility index (Phi) is 8.79. The minimum Gasteiger partial charge on any atom is -0.493 e. The predicted octanol–water partition coefficient (Wildman–Crippen LogP) is 3.72. The molecule has 160 valence electrons. The van der Waals surface area contributed by atoms with Gasteiger partial charge in [-0.1, -0.05) is 35.2 Å². The molecule has 3 aromatic rings. The number of carbonyl (C=O) groups is 1. The number of hydrogen-bond donors (Lipinski definition) is 2. The van der Waals surface area contributed by atoms with Crippen LogP contribution in [0.5, 0.6) is 11.5 Å². The van der Waals surface area contributed by atoms with Crippen LogP contribution in [0.25, 0.3) is 0 Å². The average molecular weight is 465 g/mol. The van der Waals surface area contributed by atoms with Crippen molar-refractivity contribution in [3.63, 3.8) is 0 Å². The highest BCUT2D eigenvalue weighted by atomic mass is 32.2. The van der Waals surface area contributed by atoms with E-state index in [9.17, 15) is 4.79 Å². The largest absolute Gasteiger partial charge is 0.493 e. The number of nitrogens with zero attached hydrogens (tertiary/aromatic N) is 2. The summed E-state index contributed by atoms with van der Waals surface area (Å²) in [6, 6.07) is 9.94. The molecular weight excluding hydrogens is 440 g/mol. The highest BCUT2D eigenvalue weighted by Crippen LogP contribution is 2.28. The van der Waals surface area contributed by atoms with Crippen molar-refractivity contribution in [2.75, 3.05) is 38.4 Å². The lowest BCUT2D eigenvalue weighted by Gasteiger charge is -2.10. The lowest BCUT2D eigenvalue weighted by molar-refractivity contribution is -0.118. The molecule has 0 aliphatic carbocycles. The number of amides is 1. The van der Waals surface area contributed by atoms with Crippen molar-refractivity contribution in [1.82, 2.24) is 15.5 Å². The average Bonchev–Trinajstić information content (AvgIpc) is 3.44. The summed E-state index contributed by atoms with van der Waals surface area (Å²) in [7, 11) is 3.22. The van der Waals surface area contributed by atoms with E-state index in [1.807, 2.05) is 18.2 Å². The van der Waals surface area contributed by atoms with Crippen LogP contribution < -0.4 is 20.1 Å². The Morgan fingerprint density at radius 1 is 1.10 bits per heavy atom. The summed E-state index contributed by atoms with van der Waals surface area (Å²) in [6.07, 6.45) is 1.68. The molecule has 0 aliphatic rings. The molecule has 2 heterocycles. The number of carbonyl (C=O) groups excluding carboxylic acids is 1.